The third-order valence-electron chi connectivity index (χ3n) is 1.92. The van der Waals surface area contributed by atoms with Crippen molar-refractivity contribution in [2.24, 2.45) is 0 Å². The molecule has 0 aliphatic heterocycles. The van der Waals surface area contributed by atoms with E-state index in [1.807, 2.05) is 0 Å². The van der Waals surface area contributed by atoms with E-state index >= 15 is 0 Å². The van der Waals surface area contributed by atoms with Crippen LogP contribution in [0.25, 0.3) is 0 Å². The third-order valence-corrected chi connectivity index (χ3v) is 2.48. The zero-order chi connectivity index (χ0) is 13.2. The smallest absolute Gasteiger partial charge is 0.394 e. The highest BCUT2D eigenvalue weighted by Crippen LogP contribution is 2.38. The van der Waals surface area contributed by atoms with Gasteiger partial charge in [0.1, 0.15) is 5.56 Å². The van der Waals surface area contributed by atoms with Crippen molar-refractivity contribution in [3.05, 3.63) is 21.4 Å². The van der Waals surface area contributed by atoms with Gasteiger partial charge in [0.2, 0.25) is 0 Å². The number of aliphatic hydroxyl groups excluding tert-OH is 2. The second-order valence-electron chi connectivity index (χ2n) is 3.17. The average Bonchev–Trinajstić information content (AvgIpc) is 2.21. The Morgan fingerprint density at radius 2 is 1.71 bits per heavy atom. The SMILES string of the molecule is OCC(O)Cc1c(Cl)nnc(Cl)c1C(F)(F)F. The molecule has 1 unspecified atom stereocenters. The molecule has 0 saturated carbocycles. The molecule has 0 spiro atoms. The fraction of sp³-hybridized carbons (Fsp3) is 0.500. The molecule has 96 valence electrons. The van der Waals surface area contributed by atoms with Crippen molar-refractivity contribution in [2.75, 3.05) is 6.61 Å². The number of nitrogens with zero attached hydrogens (tertiary/aromatic N) is 2. The van der Waals surface area contributed by atoms with Crippen molar-refractivity contribution in [2.45, 2.75) is 18.7 Å². The van der Waals surface area contributed by atoms with Crippen molar-refractivity contribution in [3.8, 4) is 0 Å². The van der Waals surface area contributed by atoms with E-state index in [1.54, 1.807) is 0 Å². The summed E-state index contributed by atoms with van der Waals surface area (Å²) in [4.78, 5) is 0. The molecule has 0 aliphatic carbocycles. The van der Waals surface area contributed by atoms with E-state index < -0.39 is 46.7 Å². The number of aromatic nitrogens is 2. The summed E-state index contributed by atoms with van der Waals surface area (Å²) in [6.45, 7) is -0.701. The molecule has 1 atom stereocenters. The third kappa shape index (κ3) is 3.41. The molecule has 1 aromatic rings. The van der Waals surface area contributed by atoms with Crippen LogP contribution in [0.2, 0.25) is 10.3 Å². The van der Waals surface area contributed by atoms with E-state index in [1.165, 1.54) is 0 Å². The summed E-state index contributed by atoms with van der Waals surface area (Å²) in [6, 6.07) is 0. The summed E-state index contributed by atoms with van der Waals surface area (Å²) in [6.07, 6.45) is -6.66. The number of hydrogen-bond donors (Lipinski definition) is 2. The standard InChI is InChI=1S/C8H7Cl2F3N2O2/c9-6-4(1-3(17)2-16)5(8(11,12)13)7(10)15-14-6/h3,16-17H,1-2H2. The van der Waals surface area contributed by atoms with Crippen LogP contribution in [0.1, 0.15) is 11.1 Å². The van der Waals surface area contributed by atoms with Crippen LogP contribution >= 0.6 is 23.2 Å². The van der Waals surface area contributed by atoms with E-state index in [-0.39, 0.29) is 0 Å². The first-order valence-corrected chi connectivity index (χ1v) is 5.09. The van der Waals surface area contributed by atoms with Crippen molar-refractivity contribution in [3.63, 3.8) is 0 Å². The Morgan fingerprint density at radius 3 is 2.18 bits per heavy atom. The maximum absolute atomic E-state index is 12.7. The van der Waals surface area contributed by atoms with Gasteiger partial charge in [0.15, 0.2) is 10.3 Å². The average molecular weight is 291 g/mol. The number of alkyl halides is 3. The zero-order valence-corrected chi connectivity index (χ0v) is 9.68. The number of hydrogen-bond acceptors (Lipinski definition) is 4. The molecule has 2 N–H and O–H groups in total. The molecule has 0 saturated heterocycles. The molecule has 1 aromatic heterocycles. The first-order valence-electron chi connectivity index (χ1n) is 4.34. The number of halogens is 5. The largest absolute Gasteiger partial charge is 0.419 e. The Balaban J connectivity index is 3.30. The molecule has 0 bridgehead atoms. The predicted molar refractivity (Wildman–Crippen MR) is 53.9 cm³/mol. The topological polar surface area (TPSA) is 66.2 Å². The quantitative estimate of drug-likeness (QED) is 0.889. The van der Waals surface area contributed by atoms with Crippen molar-refractivity contribution < 1.29 is 23.4 Å². The van der Waals surface area contributed by atoms with Gasteiger partial charge in [-0.3, -0.25) is 0 Å². The summed E-state index contributed by atoms with van der Waals surface area (Å²) in [5.74, 6) is 0. The Kier molecular flexibility index (Phi) is 4.54. The van der Waals surface area contributed by atoms with Gasteiger partial charge in [0.05, 0.1) is 12.7 Å². The summed E-state index contributed by atoms with van der Waals surface area (Å²) in [5.41, 5.74) is -1.73. The minimum atomic E-state index is -4.76. The lowest BCUT2D eigenvalue weighted by Crippen LogP contribution is -2.20. The second kappa shape index (κ2) is 5.34. The van der Waals surface area contributed by atoms with Gasteiger partial charge in [-0.1, -0.05) is 23.2 Å². The predicted octanol–water partition coefficient (Wildman–Crippen LogP) is 1.70. The van der Waals surface area contributed by atoms with E-state index in [0.717, 1.165) is 0 Å². The van der Waals surface area contributed by atoms with Crippen LogP contribution in [0.5, 0.6) is 0 Å². The molecule has 1 rings (SSSR count). The fourth-order valence-corrected chi connectivity index (χ4v) is 1.67. The number of rotatable bonds is 3. The zero-order valence-electron chi connectivity index (χ0n) is 8.17. The first kappa shape index (κ1) is 14.4. The molecular formula is C8H7Cl2F3N2O2. The molecule has 0 aromatic carbocycles. The highest BCUT2D eigenvalue weighted by Gasteiger charge is 2.38. The van der Waals surface area contributed by atoms with E-state index in [9.17, 15) is 13.2 Å². The van der Waals surface area contributed by atoms with Gasteiger partial charge in [-0.25, -0.2) is 0 Å². The Hall–Kier alpha value is -0.630. The van der Waals surface area contributed by atoms with Crippen LogP contribution in [-0.4, -0.2) is 33.1 Å². The van der Waals surface area contributed by atoms with Crippen LogP contribution in [0.15, 0.2) is 0 Å². The molecule has 17 heavy (non-hydrogen) atoms. The molecule has 1 heterocycles. The molecule has 0 amide bonds. The highest BCUT2D eigenvalue weighted by atomic mass is 35.5. The molecule has 4 nitrogen and oxygen atoms in total. The van der Waals surface area contributed by atoms with Crippen LogP contribution in [0.3, 0.4) is 0 Å². The summed E-state index contributed by atoms with van der Waals surface area (Å²) in [5, 5.41) is 22.7. The Bertz CT molecular complexity index is 414. The lowest BCUT2D eigenvalue weighted by molar-refractivity contribution is -0.138. The first-order chi connectivity index (χ1) is 7.77. The van der Waals surface area contributed by atoms with Crippen LogP contribution < -0.4 is 0 Å². The molecule has 0 aliphatic rings. The lowest BCUT2D eigenvalue weighted by Gasteiger charge is -2.15. The molecule has 0 fully saturated rings. The van der Waals surface area contributed by atoms with Gasteiger partial charge in [-0.2, -0.15) is 13.2 Å². The molecule has 9 heteroatoms. The van der Waals surface area contributed by atoms with E-state index in [0.29, 0.717) is 0 Å². The van der Waals surface area contributed by atoms with Gasteiger partial charge in [0, 0.05) is 12.0 Å². The molecular weight excluding hydrogens is 284 g/mol. The van der Waals surface area contributed by atoms with Crippen LogP contribution in [0.4, 0.5) is 13.2 Å². The Labute approximate surface area is 104 Å². The van der Waals surface area contributed by atoms with Gasteiger partial charge in [-0.15, -0.1) is 10.2 Å². The van der Waals surface area contributed by atoms with Crippen molar-refractivity contribution in [1.82, 2.24) is 10.2 Å². The van der Waals surface area contributed by atoms with E-state index in [4.69, 9.17) is 33.4 Å². The van der Waals surface area contributed by atoms with Gasteiger partial charge < -0.3 is 10.2 Å². The summed E-state index contributed by atoms with van der Waals surface area (Å²) in [7, 11) is 0. The highest BCUT2D eigenvalue weighted by molar-refractivity contribution is 6.32. The summed E-state index contributed by atoms with van der Waals surface area (Å²) >= 11 is 10.8. The lowest BCUT2D eigenvalue weighted by atomic mass is 10.1. The van der Waals surface area contributed by atoms with Crippen molar-refractivity contribution in [1.29, 1.82) is 0 Å². The van der Waals surface area contributed by atoms with Crippen LogP contribution in [0, 0.1) is 0 Å². The maximum atomic E-state index is 12.7. The minimum Gasteiger partial charge on any atom is -0.394 e. The van der Waals surface area contributed by atoms with Gasteiger partial charge >= 0.3 is 6.18 Å². The number of aliphatic hydroxyl groups is 2. The van der Waals surface area contributed by atoms with Gasteiger partial charge in [-0.05, 0) is 0 Å². The fourth-order valence-electron chi connectivity index (χ4n) is 1.20. The van der Waals surface area contributed by atoms with E-state index in [2.05, 4.69) is 10.2 Å². The Morgan fingerprint density at radius 1 is 1.18 bits per heavy atom. The second-order valence-corrected chi connectivity index (χ2v) is 3.89. The van der Waals surface area contributed by atoms with Gasteiger partial charge in [0.25, 0.3) is 0 Å². The van der Waals surface area contributed by atoms with Crippen LogP contribution in [-0.2, 0) is 12.6 Å². The molecule has 0 radical (unpaired) electrons. The maximum Gasteiger partial charge on any atom is 0.419 e. The normalized spacial score (nSPS) is 13.8. The minimum absolute atomic E-state index is 0.485. The van der Waals surface area contributed by atoms with Crippen molar-refractivity contribution >= 4 is 23.2 Å². The monoisotopic (exact) mass is 290 g/mol. The summed E-state index contributed by atoms with van der Waals surface area (Å²) < 4.78 is 38.1.